The second kappa shape index (κ2) is 6.95. The van der Waals surface area contributed by atoms with E-state index in [2.05, 4.69) is 37.5 Å². The van der Waals surface area contributed by atoms with Crippen LogP contribution in [0.1, 0.15) is 31.9 Å². The summed E-state index contributed by atoms with van der Waals surface area (Å²) in [6, 6.07) is 4.15. The summed E-state index contributed by atoms with van der Waals surface area (Å²) in [4.78, 5) is 12.6. The monoisotopic (exact) mass is 309 g/mol. The van der Waals surface area contributed by atoms with Crippen molar-refractivity contribution in [2.24, 2.45) is 0 Å². The Morgan fingerprint density at radius 3 is 2.52 bits per heavy atom. The van der Waals surface area contributed by atoms with Crippen LogP contribution < -0.4 is 5.32 Å². The number of aromatic nitrogens is 6. The van der Waals surface area contributed by atoms with Crippen molar-refractivity contribution < 1.29 is 0 Å². The molecule has 0 aliphatic rings. The standard InChI is InChI=1S/C16H19N7/c1-3-15(12-5-7-17-8-6-12)23-11-14(21-22-23)13-9-19-16(18-4-2)20-10-13/h5-11,15H,3-4H2,1-2H3,(H,18,19,20). The molecule has 3 aromatic heterocycles. The first-order chi connectivity index (χ1) is 11.3. The predicted octanol–water partition coefficient (Wildman–Crippen LogP) is 2.56. The third kappa shape index (κ3) is 3.33. The second-order valence-corrected chi connectivity index (χ2v) is 5.11. The van der Waals surface area contributed by atoms with Gasteiger partial charge in [-0.3, -0.25) is 4.98 Å². The van der Waals surface area contributed by atoms with Crippen LogP contribution in [-0.4, -0.2) is 36.5 Å². The van der Waals surface area contributed by atoms with Crippen molar-refractivity contribution in [3.8, 4) is 11.3 Å². The Bertz CT molecular complexity index is 737. The van der Waals surface area contributed by atoms with Crippen LogP contribution in [0.5, 0.6) is 0 Å². The topological polar surface area (TPSA) is 81.4 Å². The molecule has 23 heavy (non-hydrogen) atoms. The lowest BCUT2D eigenvalue weighted by Gasteiger charge is -2.14. The number of hydrogen-bond acceptors (Lipinski definition) is 6. The molecular weight excluding hydrogens is 290 g/mol. The Morgan fingerprint density at radius 1 is 1.13 bits per heavy atom. The Labute approximate surface area is 134 Å². The van der Waals surface area contributed by atoms with E-state index in [0.717, 1.165) is 29.8 Å². The smallest absolute Gasteiger partial charge is 0.222 e. The predicted molar refractivity (Wildman–Crippen MR) is 87.9 cm³/mol. The molecule has 0 aromatic carbocycles. The molecule has 3 rings (SSSR count). The van der Waals surface area contributed by atoms with E-state index in [4.69, 9.17) is 0 Å². The molecule has 0 amide bonds. The molecule has 0 bridgehead atoms. The highest BCUT2D eigenvalue weighted by atomic mass is 15.4. The van der Waals surface area contributed by atoms with Crippen LogP contribution in [0.3, 0.4) is 0 Å². The molecule has 0 saturated heterocycles. The number of rotatable bonds is 6. The maximum Gasteiger partial charge on any atom is 0.222 e. The quantitative estimate of drug-likeness (QED) is 0.753. The van der Waals surface area contributed by atoms with E-state index in [1.165, 1.54) is 0 Å². The Hall–Kier alpha value is -2.83. The molecule has 0 saturated carbocycles. The lowest BCUT2D eigenvalue weighted by atomic mass is 10.1. The van der Waals surface area contributed by atoms with E-state index in [1.54, 1.807) is 24.8 Å². The summed E-state index contributed by atoms with van der Waals surface area (Å²) in [5.74, 6) is 0.617. The highest BCUT2D eigenvalue weighted by Crippen LogP contribution is 2.23. The van der Waals surface area contributed by atoms with Crippen LogP contribution in [0.25, 0.3) is 11.3 Å². The first-order valence-corrected chi connectivity index (χ1v) is 7.69. The molecule has 1 unspecified atom stereocenters. The Kier molecular flexibility index (Phi) is 4.56. The molecule has 1 N–H and O–H groups in total. The Morgan fingerprint density at radius 2 is 1.87 bits per heavy atom. The van der Waals surface area contributed by atoms with Gasteiger partial charge in [0.1, 0.15) is 5.69 Å². The molecule has 0 fully saturated rings. The molecule has 118 valence electrons. The van der Waals surface area contributed by atoms with Crippen LogP contribution in [-0.2, 0) is 0 Å². The molecule has 0 aliphatic carbocycles. The minimum absolute atomic E-state index is 0.140. The lowest BCUT2D eigenvalue weighted by Crippen LogP contribution is -2.10. The van der Waals surface area contributed by atoms with Crippen molar-refractivity contribution in [3.05, 3.63) is 48.7 Å². The van der Waals surface area contributed by atoms with Gasteiger partial charge < -0.3 is 5.32 Å². The summed E-state index contributed by atoms with van der Waals surface area (Å²) in [6.07, 6.45) is 9.95. The van der Waals surface area contributed by atoms with Gasteiger partial charge in [-0.15, -0.1) is 5.10 Å². The first-order valence-electron chi connectivity index (χ1n) is 7.69. The van der Waals surface area contributed by atoms with Gasteiger partial charge in [0.2, 0.25) is 5.95 Å². The van der Waals surface area contributed by atoms with Gasteiger partial charge in [0.05, 0.1) is 12.2 Å². The third-order valence-corrected chi connectivity index (χ3v) is 3.59. The Balaban J connectivity index is 1.84. The SMILES string of the molecule is CCNc1ncc(-c2cn(C(CC)c3ccncc3)nn2)cn1. The number of nitrogens with zero attached hydrogens (tertiary/aromatic N) is 6. The average Bonchev–Trinajstić information content (AvgIpc) is 3.07. The molecule has 3 heterocycles. The zero-order valence-electron chi connectivity index (χ0n) is 13.2. The van der Waals surface area contributed by atoms with Crippen LogP contribution >= 0.6 is 0 Å². The van der Waals surface area contributed by atoms with Gasteiger partial charge in [0.15, 0.2) is 0 Å². The van der Waals surface area contributed by atoms with Crippen molar-refractivity contribution in [1.82, 2.24) is 29.9 Å². The van der Waals surface area contributed by atoms with Crippen LogP contribution in [0.4, 0.5) is 5.95 Å². The van der Waals surface area contributed by atoms with Gasteiger partial charge in [0.25, 0.3) is 0 Å². The van der Waals surface area contributed by atoms with Gasteiger partial charge in [-0.1, -0.05) is 12.1 Å². The van der Waals surface area contributed by atoms with Gasteiger partial charge in [0, 0.05) is 36.9 Å². The lowest BCUT2D eigenvalue weighted by molar-refractivity contribution is 0.493. The molecule has 1 atom stereocenters. The average molecular weight is 309 g/mol. The summed E-state index contributed by atoms with van der Waals surface area (Å²) < 4.78 is 1.88. The van der Waals surface area contributed by atoms with Crippen molar-refractivity contribution in [2.45, 2.75) is 26.3 Å². The summed E-state index contributed by atoms with van der Waals surface area (Å²) in [7, 11) is 0. The van der Waals surface area contributed by atoms with Crippen molar-refractivity contribution >= 4 is 5.95 Å². The van der Waals surface area contributed by atoms with Gasteiger partial charge in [-0.25, -0.2) is 14.6 Å². The fourth-order valence-electron chi connectivity index (χ4n) is 2.43. The molecular formula is C16H19N7. The largest absolute Gasteiger partial charge is 0.355 e. The van der Waals surface area contributed by atoms with Gasteiger partial charge >= 0.3 is 0 Å². The summed E-state index contributed by atoms with van der Waals surface area (Å²) in [5, 5.41) is 11.6. The number of pyridine rings is 1. The molecule has 0 radical (unpaired) electrons. The van der Waals surface area contributed by atoms with Crippen LogP contribution in [0.2, 0.25) is 0 Å². The van der Waals surface area contributed by atoms with E-state index < -0.39 is 0 Å². The summed E-state index contributed by atoms with van der Waals surface area (Å²) >= 11 is 0. The normalized spacial score (nSPS) is 12.1. The maximum atomic E-state index is 4.27. The minimum atomic E-state index is 0.140. The molecule has 0 spiro atoms. The zero-order chi connectivity index (χ0) is 16.1. The fourth-order valence-corrected chi connectivity index (χ4v) is 2.43. The molecule has 7 heteroatoms. The van der Waals surface area contributed by atoms with Crippen molar-refractivity contribution in [1.29, 1.82) is 0 Å². The number of anilines is 1. The van der Waals surface area contributed by atoms with Crippen molar-refractivity contribution in [3.63, 3.8) is 0 Å². The van der Waals surface area contributed by atoms with E-state index in [0.29, 0.717) is 5.95 Å². The third-order valence-electron chi connectivity index (χ3n) is 3.59. The van der Waals surface area contributed by atoms with Gasteiger partial charge in [-0.2, -0.15) is 0 Å². The van der Waals surface area contributed by atoms with E-state index >= 15 is 0 Å². The maximum absolute atomic E-state index is 4.27. The molecule has 3 aromatic rings. The molecule has 0 aliphatic heterocycles. The zero-order valence-corrected chi connectivity index (χ0v) is 13.2. The van der Waals surface area contributed by atoms with Crippen molar-refractivity contribution in [2.75, 3.05) is 11.9 Å². The fraction of sp³-hybridized carbons (Fsp3) is 0.312. The first kappa shape index (κ1) is 15.1. The summed E-state index contributed by atoms with van der Waals surface area (Å²) in [5.41, 5.74) is 2.78. The van der Waals surface area contributed by atoms with Crippen LogP contribution in [0, 0.1) is 0 Å². The van der Waals surface area contributed by atoms with E-state index in [9.17, 15) is 0 Å². The van der Waals surface area contributed by atoms with Gasteiger partial charge in [-0.05, 0) is 31.0 Å². The van der Waals surface area contributed by atoms with E-state index in [1.807, 2.05) is 29.9 Å². The number of hydrogen-bond donors (Lipinski definition) is 1. The molecule has 7 nitrogen and oxygen atoms in total. The highest BCUT2D eigenvalue weighted by molar-refractivity contribution is 5.55. The summed E-state index contributed by atoms with van der Waals surface area (Å²) in [6.45, 7) is 4.92. The second-order valence-electron chi connectivity index (χ2n) is 5.11. The highest BCUT2D eigenvalue weighted by Gasteiger charge is 2.14. The number of nitrogens with one attached hydrogen (secondary N) is 1. The van der Waals surface area contributed by atoms with E-state index in [-0.39, 0.29) is 6.04 Å². The minimum Gasteiger partial charge on any atom is -0.355 e. The van der Waals surface area contributed by atoms with Crippen LogP contribution in [0.15, 0.2) is 43.1 Å².